The summed E-state index contributed by atoms with van der Waals surface area (Å²) in [5, 5.41) is 0. The van der Waals surface area contributed by atoms with Gasteiger partial charge in [-0.05, 0) is 37.0 Å². The Labute approximate surface area is 126 Å². The van der Waals surface area contributed by atoms with E-state index in [0.717, 1.165) is 25.9 Å². The Balaban J connectivity index is 2.18. The minimum Gasteiger partial charge on any atom is -0.339 e. The molecule has 1 aromatic rings. The van der Waals surface area contributed by atoms with E-state index in [0.29, 0.717) is 12.1 Å². The van der Waals surface area contributed by atoms with Gasteiger partial charge in [0.15, 0.2) is 0 Å². The van der Waals surface area contributed by atoms with E-state index in [1.165, 1.54) is 12.1 Å². The first-order chi connectivity index (χ1) is 9.90. The fourth-order valence-corrected chi connectivity index (χ4v) is 3.52. The number of amides is 1. The predicted molar refractivity (Wildman–Crippen MR) is 81.6 cm³/mol. The van der Waals surface area contributed by atoms with Gasteiger partial charge < -0.3 is 4.90 Å². The van der Waals surface area contributed by atoms with Crippen LogP contribution in [-0.4, -0.2) is 38.9 Å². The fourth-order valence-electron chi connectivity index (χ4n) is 2.26. The predicted octanol–water partition coefficient (Wildman–Crippen LogP) is 1.86. The Morgan fingerprint density at radius 3 is 2.57 bits per heavy atom. The van der Waals surface area contributed by atoms with Crippen molar-refractivity contribution in [2.75, 3.05) is 19.6 Å². The summed E-state index contributed by atoms with van der Waals surface area (Å²) in [4.78, 5) is 14.2. The summed E-state index contributed by atoms with van der Waals surface area (Å²) in [6.07, 6.45) is 2.03. The van der Waals surface area contributed by atoms with E-state index in [4.69, 9.17) is 0 Å². The van der Waals surface area contributed by atoms with Crippen molar-refractivity contribution >= 4 is 15.9 Å². The summed E-state index contributed by atoms with van der Waals surface area (Å²) in [7, 11) is -3.56. The molecular weight excluding hydrogens is 288 g/mol. The van der Waals surface area contributed by atoms with Gasteiger partial charge >= 0.3 is 0 Å². The Morgan fingerprint density at radius 1 is 1.29 bits per heavy atom. The zero-order valence-electron chi connectivity index (χ0n) is 12.5. The van der Waals surface area contributed by atoms with E-state index in [9.17, 15) is 13.2 Å². The lowest BCUT2D eigenvalue weighted by atomic mass is 10.2. The molecule has 21 heavy (non-hydrogen) atoms. The first-order valence-corrected chi connectivity index (χ1v) is 8.77. The normalized spacial score (nSPS) is 15.7. The highest BCUT2D eigenvalue weighted by Gasteiger charge is 2.21. The van der Waals surface area contributed by atoms with E-state index in [-0.39, 0.29) is 16.7 Å². The van der Waals surface area contributed by atoms with Crippen molar-refractivity contribution in [2.45, 2.75) is 31.6 Å². The third-order valence-corrected chi connectivity index (χ3v) is 4.89. The van der Waals surface area contributed by atoms with Crippen LogP contribution in [0, 0.1) is 5.92 Å². The first-order valence-electron chi connectivity index (χ1n) is 7.29. The molecule has 1 aliphatic rings. The zero-order chi connectivity index (χ0) is 15.5. The lowest BCUT2D eigenvalue weighted by molar-refractivity contribution is 0.0792. The number of carbonyl (C=O) groups is 1. The summed E-state index contributed by atoms with van der Waals surface area (Å²) >= 11 is 0. The maximum atomic E-state index is 12.3. The van der Waals surface area contributed by atoms with Crippen molar-refractivity contribution < 1.29 is 13.2 Å². The van der Waals surface area contributed by atoms with Gasteiger partial charge in [-0.1, -0.05) is 19.9 Å². The second-order valence-electron chi connectivity index (χ2n) is 5.77. The number of hydrogen-bond donors (Lipinski definition) is 1. The molecule has 1 heterocycles. The molecule has 0 spiro atoms. The molecule has 0 unspecified atom stereocenters. The number of nitrogens with zero attached hydrogens (tertiary/aromatic N) is 1. The second-order valence-corrected chi connectivity index (χ2v) is 7.54. The van der Waals surface area contributed by atoms with E-state index in [1.54, 1.807) is 17.0 Å². The van der Waals surface area contributed by atoms with E-state index >= 15 is 0 Å². The molecule has 0 atom stereocenters. The number of likely N-dealkylation sites (tertiary alicyclic amines) is 1. The van der Waals surface area contributed by atoms with Crippen molar-refractivity contribution in [3.05, 3.63) is 29.8 Å². The van der Waals surface area contributed by atoms with Crippen molar-refractivity contribution in [1.29, 1.82) is 0 Å². The van der Waals surface area contributed by atoms with Crippen LogP contribution in [0.5, 0.6) is 0 Å². The van der Waals surface area contributed by atoms with Gasteiger partial charge in [0.25, 0.3) is 5.91 Å². The van der Waals surface area contributed by atoms with Gasteiger partial charge in [-0.25, -0.2) is 13.1 Å². The molecule has 1 fully saturated rings. The summed E-state index contributed by atoms with van der Waals surface area (Å²) in [6, 6.07) is 6.27. The molecule has 1 aromatic carbocycles. The first kappa shape index (κ1) is 16.0. The van der Waals surface area contributed by atoms with E-state index < -0.39 is 10.0 Å². The van der Waals surface area contributed by atoms with Crippen LogP contribution in [0.25, 0.3) is 0 Å². The summed E-state index contributed by atoms with van der Waals surface area (Å²) in [6.45, 7) is 5.77. The SMILES string of the molecule is CC(C)CNS(=O)(=O)c1cccc(C(=O)N2CCCC2)c1. The topological polar surface area (TPSA) is 66.5 Å². The van der Waals surface area contributed by atoms with Crippen molar-refractivity contribution in [3.8, 4) is 0 Å². The molecule has 6 heteroatoms. The minimum absolute atomic E-state index is 0.0894. The molecule has 5 nitrogen and oxygen atoms in total. The highest BCUT2D eigenvalue weighted by molar-refractivity contribution is 7.89. The smallest absolute Gasteiger partial charge is 0.253 e. The van der Waals surface area contributed by atoms with Crippen molar-refractivity contribution in [3.63, 3.8) is 0 Å². The Kier molecular flexibility index (Phi) is 5.00. The molecular formula is C15H22N2O3S. The Hall–Kier alpha value is -1.40. The van der Waals surface area contributed by atoms with Crippen LogP contribution in [-0.2, 0) is 10.0 Å². The number of hydrogen-bond acceptors (Lipinski definition) is 3. The molecule has 1 aliphatic heterocycles. The fraction of sp³-hybridized carbons (Fsp3) is 0.533. The van der Waals surface area contributed by atoms with Gasteiger partial charge in [-0.3, -0.25) is 4.79 Å². The van der Waals surface area contributed by atoms with Gasteiger partial charge in [0, 0.05) is 25.2 Å². The molecule has 0 aliphatic carbocycles. The van der Waals surface area contributed by atoms with Crippen LogP contribution < -0.4 is 4.72 Å². The summed E-state index contributed by atoms with van der Waals surface area (Å²) < 4.78 is 27.0. The van der Waals surface area contributed by atoms with Crippen LogP contribution in [0.4, 0.5) is 0 Å². The van der Waals surface area contributed by atoms with Gasteiger partial charge in [-0.15, -0.1) is 0 Å². The molecule has 1 amide bonds. The number of rotatable bonds is 5. The van der Waals surface area contributed by atoms with E-state index in [2.05, 4.69) is 4.72 Å². The average Bonchev–Trinajstić information content (AvgIpc) is 2.99. The third kappa shape index (κ3) is 4.04. The Morgan fingerprint density at radius 2 is 1.95 bits per heavy atom. The highest BCUT2D eigenvalue weighted by atomic mass is 32.2. The lowest BCUT2D eigenvalue weighted by Crippen LogP contribution is -2.29. The molecule has 0 bridgehead atoms. The molecule has 2 rings (SSSR count). The standard InChI is InChI=1S/C15H22N2O3S/c1-12(2)11-16-21(19,20)14-7-5-6-13(10-14)15(18)17-8-3-4-9-17/h5-7,10,12,16H,3-4,8-9,11H2,1-2H3. The quantitative estimate of drug-likeness (QED) is 0.902. The number of benzene rings is 1. The van der Waals surface area contributed by atoms with Crippen LogP contribution in [0.2, 0.25) is 0 Å². The molecule has 0 aromatic heterocycles. The zero-order valence-corrected chi connectivity index (χ0v) is 13.3. The average molecular weight is 310 g/mol. The highest BCUT2D eigenvalue weighted by Crippen LogP contribution is 2.16. The van der Waals surface area contributed by atoms with Gasteiger partial charge in [0.2, 0.25) is 10.0 Å². The number of sulfonamides is 1. The molecule has 0 radical (unpaired) electrons. The lowest BCUT2D eigenvalue weighted by Gasteiger charge is -2.16. The van der Waals surface area contributed by atoms with Crippen LogP contribution >= 0.6 is 0 Å². The largest absolute Gasteiger partial charge is 0.339 e. The van der Waals surface area contributed by atoms with Gasteiger partial charge in [-0.2, -0.15) is 0 Å². The third-order valence-electron chi connectivity index (χ3n) is 3.47. The maximum absolute atomic E-state index is 12.3. The van der Waals surface area contributed by atoms with Crippen LogP contribution in [0.1, 0.15) is 37.0 Å². The summed E-state index contributed by atoms with van der Waals surface area (Å²) in [5.41, 5.74) is 0.435. The van der Waals surface area contributed by atoms with Gasteiger partial charge in [0.1, 0.15) is 0 Å². The minimum atomic E-state index is -3.56. The molecule has 0 saturated carbocycles. The van der Waals surface area contributed by atoms with Crippen molar-refractivity contribution in [1.82, 2.24) is 9.62 Å². The maximum Gasteiger partial charge on any atom is 0.253 e. The van der Waals surface area contributed by atoms with Gasteiger partial charge in [0.05, 0.1) is 4.90 Å². The molecule has 1 N–H and O–H groups in total. The molecule has 116 valence electrons. The number of nitrogens with one attached hydrogen (secondary N) is 1. The monoisotopic (exact) mass is 310 g/mol. The van der Waals surface area contributed by atoms with Crippen molar-refractivity contribution in [2.24, 2.45) is 5.92 Å². The summed E-state index contributed by atoms with van der Waals surface area (Å²) in [5.74, 6) is 0.141. The van der Waals surface area contributed by atoms with E-state index in [1.807, 2.05) is 13.8 Å². The second kappa shape index (κ2) is 6.58. The molecule has 1 saturated heterocycles. The Bertz CT molecular complexity index is 605. The van der Waals surface area contributed by atoms with Crippen LogP contribution in [0.3, 0.4) is 0 Å². The van der Waals surface area contributed by atoms with Crippen LogP contribution in [0.15, 0.2) is 29.2 Å². The number of carbonyl (C=O) groups excluding carboxylic acids is 1.